The average Bonchev–Trinajstić information content (AvgIpc) is 2.88. The zero-order chi connectivity index (χ0) is 30.8. The van der Waals surface area contributed by atoms with Crippen molar-refractivity contribution in [1.82, 2.24) is 15.0 Å². The van der Waals surface area contributed by atoms with Gasteiger partial charge < -0.3 is 9.80 Å². The van der Waals surface area contributed by atoms with E-state index >= 15 is 0 Å². The molecule has 6 nitrogen and oxygen atoms in total. The van der Waals surface area contributed by atoms with E-state index in [0.29, 0.717) is 16.7 Å². The van der Waals surface area contributed by atoms with Crippen molar-refractivity contribution in [2.45, 2.75) is 39.0 Å². The molecule has 0 fully saturated rings. The van der Waals surface area contributed by atoms with Gasteiger partial charge in [0.2, 0.25) is 5.91 Å². The Hall–Kier alpha value is -3.28. The molecular weight excluding hydrogens is 362 g/mol. The van der Waals surface area contributed by atoms with Gasteiger partial charge in [0.25, 0.3) is 0 Å². The Balaban J connectivity index is 2.10. The highest BCUT2D eigenvalue weighted by Crippen LogP contribution is 2.38. The van der Waals surface area contributed by atoms with Gasteiger partial charge in [-0.15, -0.1) is 0 Å². The number of likely N-dealkylation sites (N-methyl/N-ethyl adjacent to an activating group) is 1. The topological polar surface area (TPSA) is 62.2 Å². The van der Waals surface area contributed by atoms with Crippen LogP contribution in [0.3, 0.4) is 0 Å². The highest BCUT2D eigenvalue weighted by molar-refractivity contribution is 6.04. The molecule has 3 heterocycles. The monoisotopic (exact) mass is 399 g/mol. The summed E-state index contributed by atoms with van der Waals surface area (Å²) in [5, 5.41) is 0. The summed E-state index contributed by atoms with van der Waals surface area (Å²) >= 11 is 0. The summed E-state index contributed by atoms with van der Waals surface area (Å²) < 4.78 is 97.5. The van der Waals surface area contributed by atoms with Crippen LogP contribution >= 0.6 is 0 Å². The molecule has 0 N–H and O–H groups in total. The number of carbonyl (C=O) groups is 1. The van der Waals surface area contributed by atoms with Crippen molar-refractivity contribution in [2.75, 3.05) is 16.8 Å². The van der Waals surface area contributed by atoms with Crippen LogP contribution < -0.4 is 9.80 Å². The van der Waals surface area contributed by atoms with Crippen LogP contribution in [0.2, 0.25) is 0 Å². The molecule has 1 amide bonds. The highest BCUT2D eigenvalue weighted by Gasteiger charge is 2.38. The number of hydrogen-bond donors (Lipinski definition) is 0. The lowest BCUT2D eigenvalue weighted by molar-refractivity contribution is -0.120. The number of benzene rings is 1. The van der Waals surface area contributed by atoms with Crippen molar-refractivity contribution in [1.29, 1.82) is 0 Å². The van der Waals surface area contributed by atoms with Crippen molar-refractivity contribution >= 4 is 17.4 Å². The van der Waals surface area contributed by atoms with Gasteiger partial charge in [0.05, 0.1) is 7.57 Å². The summed E-state index contributed by atoms with van der Waals surface area (Å²) in [6, 6.07) is 4.20. The van der Waals surface area contributed by atoms with Gasteiger partial charge in [-0.1, -0.05) is 37.2 Å². The van der Waals surface area contributed by atoms with E-state index in [1.54, 1.807) is 36.4 Å². The van der Waals surface area contributed by atoms with Gasteiger partial charge in [0.1, 0.15) is 11.7 Å². The molecule has 29 heavy (non-hydrogen) atoms. The normalized spacial score (nSPS) is 24.6. The lowest BCUT2D eigenvalue weighted by atomic mass is 10.0. The van der Waals surface area contributed by atoms with Crippen LogP contribution in [0.25, 0.3) is 22.5 Å². The molecule has 4 rings (SSSR count). The van der Waals surface area contributed by atoms with Crippen LogP contribution in [0.15, 0.2) is 55.0 Å². The zero-order valence-electron chi connectivity index (χ0n) is 27.4. The standard InChI is InChI=1S/C23H25N5O/c1-5-19-23(29)27(4)20-14-25-21(26-22(20)28(19)15(2)3)17-11-12-24-13-18(17)16-9-7-6-8-10-16/h6-15,19H,5H2,1-4H3/i1D3,2D3,3D3,5D2,15D. The summed E-state index contributed by atoms with van der Waals surface area (Å²) in [7, 11) is 1.17. The summed E-state index contributed by atoms with van der Waals surface area (Å²) in [5.41, 5.74) is 1.37. The third-order valence-electron chi connectivity index (χ3n) is 4.69. The van der Waals surface area contributed by atoms with Gasteiger partial charge in [-0.3, -0.25) is 9.78 Å². The van der Waals surface area contributed by atoms with E-state index in [-0.39, 0.29) is 16.4 Å². The van der Waals surface area contributed by atoms with Crippen LogP contribution in [0, 0.1) is 0 Å². The smallest absolute Gasteiger partial charge is 0.249 e. The molecule has 1 unspecified atom stereocenters. The summed E-state index contributed by atoms with van der Waals surface area (Å²) in [5.74, 6) is -1.98. The van der Waals surface area contributed by atoms with Gasteiger partial charge in [-0.05, 0) is 31.7 Å². The van der Waals surface area contributed by atoms with Gasteiger partial charge >= 0.3 is 0 Å². The lowest BCUT2D eigenvalue weighted by Gasteiger charge is -2.42. The first-order valence-electron chi connectivity index (χ1n) is 14.7. The Labute approximate surface area is 188 Å². The Morgan fingerprint density at radius 3 is 2.79 bits per heavy atom. The molecule has 0 saturated carbocycles. The zero-order valence-corrected chi connectivity index (χ0v) is 15.4. The van der Waals surface area contributed by atoms with Crippen molar-refractivity contribution < 1.29 is 21.2 Å². The van der Waals surface area contributed by atoms with Crippen LogP contribution in [0.1, 0.15) is 43.4 Å². The first kappa shape index (κ1) is 9.48. The molecule has 6 heteroatoms. The second-order valence-electron chi connectivity index (χ2n) is 6.35. The molecule has 1 aliphatic rings. The Bertz CT molecular complexity index is 1440. The quantitative estimate of drug-likeness (QED) is 0.659. The van der Waals surface area contributed by atoms with Crippen molar-refractivity contribution in [3.63, 3.8) is 0 Å². The SMILES string of the molecule is [2H]C([2H])([2H])C([2H])([2H])C1C(=O)N(C)c2cnc(-c3ccncc3-c3ccccc3)nc2N1C([2H])(C([2H])([2H])[2H])C([2H])([2H])[2H]. The molecule has 0 saturated heterocycles. The van der Waals surface area contributed by atoms with Gasteiger partial charge in [0.15, 0.2) is 11.6 Å². The predicted octanol–water partition coefficient (Wildman–Crippen LogP) is 4.18. The number of pyridine rings is 1. The number of fused-ring (bicyclic) bond motifs is 1. The maximum absolute atomic E-state index is 13.6. The van der Waals surface area contributed by atoms with E-state index in [2.05, 4.69) is 15.0 Å². The molecule has 3 aromatic rings. The maximum atomic E-state index is 13.6. The van der Waals surface area contributed by atoms with Gasteiger partial charge in [-0.25, -0.2) is 9.97 Å². The van der Waals surface area contributed by atoms with Crippen molar-refractivity contribution in [3.8, 4) is 22.5 Å². The molecule has 0 spiro atoms. The minimum Gasteiger partial charge on any atom is -0.340 e. The number of amides is 1. The van der Waals surface area contributed by atoms with Crippen LogP contribution in [0.5, 0.6) is 0 Å². The molecule has 148 valence electrons. The Morgan fingerprint density at radius 2 is 2.03 bits per heavy atom. The Morgan fingerprint density at radius 1 is 1.21 bits per heavy atom. The van der Waals surface area contributed by atoms with E-state index in [4.69, 9.17) is 16.4 Å². The highest BCUT2D eigenvalue weighted by atomic mass is 16.2. The van der Waals surface area contributed by atoms with Crippen molar-refractivity contribution in [2.24, 2.45) is 0 Å². The minimum atomic E-state index is -3.71. The molecule has 2 aromatic heterocycles. The summed E-state index contributed by atoms with van der Waals surface area (Å²) in [6.07, 6.45) is 0.554. The van der Waals surface area contributed by atoms with E-state index in [1.165, 1.54) is 19.4 Å². The first-order valence-corrected chi connectivity index (χ1v) is 8.69. The molecule has 1 aliphatic heterocycles. The predicted molar refractivity (Wildman–Crippen MR) is 116 cm³/mol. The van der Waals surface area contributed by atoms with Crippen LogP contribution in [0.4, 0.5) is 11.5 Å². The molecular formula is C23H25N5O. The third-order valence-corrected chi connectivity index (χ3v) is 4.69. The minimum absolute atomic E-state index is 0.0932. The van der Waals surface area contributed by atoms with E-state index in [1.807, 2.05) is 0 Å². The number of carbonyl (C=O) groups excluding carboxylic acids is 1. The fraction of sp³-hybridized carbons (Fsp3) is 0.304. The third kappa shape index (κ3) is 3.24. The van der Waals surface area contributed by atoms with Gasteiger partial charge in [-0.2, -0.15) is 0 Å². The van der Waals surface area contributed by atoms with Crippen LogP contribution in [-0.4, -0.2) is 40.0 Å². The number of aromatic nitrogens is 3. The van der Waals surface area contributed by atoms with Crippen molar-refractivity contribution in [3.05, 3.63) is 55.0 Å². The first-order chi connectivity index (χ1) is 18.7. The largest absolute Gasteiger partial charge is 0.340 e. The Kier molecular flexibility index (Phi) is 2.49. The van der Waals surface area contributed by atoms with Gasteiger partial charge in [0, 0.05) is 51.7 Å². The number of anilines is 2. The lowest BCUT2D eigenvalue weighted by Crippen LogP contribution is -2.54. The molecule has 0 aliphatic carbocycles. The van der Waals surface area contributed by atoms with E-state index < -0.39 is 50.7 Å². The van der Waals surface area contributed by atoms with Crippen LogP contribution in [-0.2, 0) is 4.79 Å². The van der Waals surface area contributed by atoms with E-state index in [0.717, 1.165) is 11.1 Å². The number of nitrogens with zero attached hydrogens (tertiary/aromatic N) is 5. The number of hydrogen-bond acceptors (Lipinski definition) is 5. The fourth-order valence-corrected chi connectivity index (χ4v) is 3.24. The summed E-state index contributed by atoms with van der Waals surface area (Å²) in [6.45, 7) is -10.9. The maximum Gasteiger partial charge on any atom is 0.249 e. The summed E-state index contributed by atoms with van der Waals surface area (Å²) in [4.78, 5) is 27.4. The molecule has 0 bridgehead atoms. The molecule has 0 radical (unpaired) electrons. The van der Waals surface area contributed by atoms with E-state index in [9.17, 15) is 4.79 Å². The fourth-order valence-electron chi connectivity index (χ4n) is 3.24. The second kappa shape index (κ2) is 7.62. The average molecular weight is 400 g/mol. The number of rotatable bonds is 4. The second-order valence-corrected chi connectivity index (χ2v) is 6.35. The molecule has 1 aromatic carbocycles. The molecule has 1 atom stereocenters.